The molecule has 1 aromatic carbocycles. The van der Waals surface area contributed by atoms with Gasteiger partial charge in [0.25, 0.3) is 0 Å². The quantitative estimate of drug-likeness (QED) is 0.515. The molecule has 1 aromatic rings. The summed E-state index contributed by atoms with van der Waals surface area (Å²) in [7, 11) is 0. The van der Waals surface area contributed by atoms with Crippen LogP contribution in [0, 0.1) is 0 Å². The van der Waals surface area contributed by atoms with Gasteiger partial charge in [-0.05, 0) is 51.3 Å². The predicted molar refractivity (Wildman–Crippen MR) is 112 cm³/mol. The fourth-order valence-corrected chi connectivity index (χ4v) is 3.25. The second kappa shape index (κ2) is 13.2. The van der Waals surface area contributed by atoms with Crippen molar-refractivity contribution in [3.8, 4) is 0 Å². The number of hydrogen-bond donors (Lipinski definition) is 2. The molecule has 0 bridgehead atoms. The number of nitrogens with zero attached hydrogens (tertiary/aromatic N) is 1. The maximum atomic E-state index is 11.9. The highest BCUT2D eigenvalue weighted by molar-refractivity contribution is 5.85. The highest BCUT2D eigenvalue weighted by atomic mass is 35.5. The molecule has 0 aromatic heterocycles. The Morgan fingerprint density at radius 1 is 1.19 bits per heavy atom. The summed E-state index contributed by atoms with van der Waals surface area (Å²) in [6.07, 6.45) is 3.94. The molecule has 150 valence electrons. The number of para-hydroxylation sites is 1. The van der Waals surface area contributed by atoms with Crippen LogP contribution in [0.4, 0.5) is 5.69 Å². The van der Waals surface area contributed by atoms with Crippen LogP contribution in [0.5, 0.6) is 0 Å². The highest BCUT2D eigenvalue weighted by Crippen LogP contribution is 2.13. The van der Waals surface area contributed by atoms with Crippen LogP contribution in [0.2, 0.25) is 0 Å². The minimum atomic E-state index is 0. The van der Waals surface area contributed by atoms with E-state index in [1.54, 1.807) is 0 Å². The highest BCUT2D eigenvalue weighted by Gasteiger charge is 2.21. The molecule has 1 saturated heterocycles. The molecule has 1 fully saturated rings. The van der Waals surface area contributed by atoms with E-state index in [4.69, 9.17) is 10.5 Å². The first-order chi connectivity index (χ1) is 11.5. The van der Waals surface area contributed by atoms with Gasteiger partial charge in [-0.25, -0.2) is 0 Å². The van der Waals surface area contributed by atoms with Crippen molar-refractivity contribution in [3.05, 3.63) is 29.8 Å². The molecule has 1 amide bonds. The van der Waals surface area contributed by atoms with E-state index in [1.807, 2.05) is 24.3 Å². The van der Waals surface area contributed by atoms with E-state index in [1.165, 1.54) is 0 Å². The van der Waals surface area contributed by atoms with Crippen LogP contribution < -0.4 is 11.1 Å². The van der Waals surface area contributed by atoms with Gasteiger partial charge in [0.15, 0.2) is 0 Å². The van der Waals surface area contributed by atoms with Gasteiger partial charge in [-0.3, -0.25) is 9.69 Å². The number of morpholine rings is 1. The summed E-state index contributed by atoms with van der Waals surface area (Å²) in [5, 5.41) is 3.00. The van der Waals surface area contributed by atoms with E-state index in [9.17, 15) is 4.79 Å². The zero-order chi connectivity index (χ0) is 17.4. The van der Waals surface area contributed by atoms with Crippen molar-refractivity contribution in [2.45, 2.75) is 51.7 Å². The van der Waals surface area contributed by atoms with Gasteiger partial charge in [-0.2, -0.15) is 0 Å². The molecule has 2 atom stereocenters. The Labute approximate surface area is 169 Å². The Morgan fingerprint density at radius 3 is 2.50 bits per heavy atom. The lowest BCUT2D eigenvalue weighted by Crippen LogP contribution is -2.45. The first-order valence-electron chi connectivity index (χ1n) is 9.02. The average molecular weight is 406 g/mol. The molecule has 2 unspecified atom stereocenters. The van der Waals surface area contributed by atoms with Crippen molar-refractivity contribution in [2.24, 2.45) is 0 Å². The van der Waals surface area contributed by atoms with E-state index in [0.717, 1.165) is 50.3 Å². The molecule has 0 radical (unpaired) electrons. The lowest BCUT2D eigenvalue weighted by molar-refractivity contribution is -0.121. The van der Waals surface area contributed by atoms with Gasteiger partial charge < -0.3 is 15.8 Å². The monoisotopic (exact) mass is 405 g/mol. The standard InChI is InChI=1S/C19H31N3O2.2ClH/c1-15-13-22(14-16(2)24-15)12-6-5-11-21-19(23)10-9-17-7-3-4-8-18(17)20;;/h3-4,7-8,15-16H,5-6,9-14,20H2,1-2H3,(H,21,23);2*1H. The van der Waals surface area contributed by atoms with Crippen molar-refractivity contribution in [2.75, 3.05) is 31.9 Å². The van der Waals surface area contributed by atoms with Crippen LogP contribution in [0.3, 0.4) is 0 Å². The molecule has 2 rings (SSSR count). The van der Waals surface area contributed by atoms with E-state index in [2.05, 4.69) is 24.1 Å². The molecule has 5 nitrogen and oxygen atoms in total. The number of amides is 1. The molecule has 26 heavy (non-hydrogen) atoms. The number of ether oxygens (including phenoxy) is 1. The molecule has 0 spiro atoms. The number of anilines is 1. The number of unbranched alkanes of at least 4 members (excludes halogenated alkanes) is 1. The molecule has 7 heteroatoms. The first-order valence-corrected chi connectivity index (χ1v) is 9.02. The van der Waals surface area contributed by atoms with E-state index < -0.39 is 0 Å². The minimum absolute atomic E-state index is 0. The SMILES string of the molecule is CC1CN(CCCCNC(=O)CCc2ccccc2N)CC(C)O1.Cl.Cl. The van der Waals surface area contributed by atoms with Crippen LogP contribution in [0.15, 0.2) is 24.3 Å². The smallest absolute Gasteiger partial charge is 0.220 e. The lowest BCUT2D eigenvalue weighted by Gasteiger charge is -2.35. The minimum Gasteiger partial charge on any atom is -0.399 e. The van der Waals surface area contributed by atoms with Gasteiger partial charge in [-0.15, -0.1) is 24.8 Å². The van der Waals surface area contributed by atoms with Crippen LogP contribution in [0.1, 0.15) is 38.7 Å². The van der Waals surface area contributed by atoms with Crippen molar-refractivity contribution in [1.82, 2.24) is 10.2 Å². The van der Waals surface area contributed by atoms with Gasteiger partial charge in [0.05, 0.1) is 12.2 Å². The summed E-state index contributed by atoms with van der Waals surface area (Å²) in [4.78, 5) is 14.4. The Hall–Kier alpha value is -1.01. The molecular formula is C19H33Cl2N3O2. The molecular weight excluding hydrogens is 373 g/mol. The summed E-state index contributed by atoms with van der Waals surface area (Å²) in [5.41, 5.74) is 7.70. The summed E-state index contributed by atoms with van der Waals surface area (Å²) in [6, 6.07) is 7.72. The van der Waals surface area contributed by atoms with Crippen molar-refractivity contribution < 1.29 is 9.53 Å². The molecule has 1 heterocycles. The molecule has 1 aliphatic rings. The molecule has 3 N–H and O–H groups in total. The second-order valence-electron chi connectivity index (χ2n) is 6.77. The number of nitrogens with two attached hydrogens (primary N) is 1. The van der Waals surface area contributed by atoms with E-state index in [-0.39, 0.29) is 30.7 Å². The van der Waals surface area contributed by atoms with Crippen molar-refractivity contribution in [3.63, 3.8) is 0 Å². The number of hydrogen-bond acceptors (Lipinski definition) is 4. The zero-order valence-corrected chi connectivity index (χ0v) is 17.4. The number of carbonyl (C=O) groups is 1. The van der Waals surface area contributed by atoms with Crippen LogP contribution in [-0.2, 0) is 16.0 Å². The topological polar surface area (TPSA) is 67.6 Å². The lowest BCUT2D eigenvalue weighted by atomic mass is 10.1. The number of halogens is 2. The maximum Gasteiger partial charge on any atom is 0.220 e. The van der Waals surface area contributed by atoms with Crippen molar-refractivity contribution >= 4 is 36.4 Å². The van der Waals surface area contributed by atoms with Gasteiger partial charge in [-0.1, -0.05) is 18.2 Å². The van der Waals surface area contributed by atoms with Gasteiger partial charge in [0.2, 0.25) is 5.91 Å². The predicted octanol–water partition coefficient (Wildman–Crippen LogP) is 3.05. The summed E-state index contributed by atoms with van der Waals surface area (Å²) >= 11 is 0. The fourth-order valence-electron chi connectivity index (χ4n) is 3.25. The molecule has 0 saturated carbocycles. The van der Waals surface area contributed by atoms with E-state index >= 15 is 0 Å². The Kier molecular flexibility index (Phi) is 12.7. The first kappa shape index (κ1) is 25.0. The number of aryl methyl sites for hydroxylation is 1. The van der Waals surface area contributed by atoms with Crippen LogP contribution >= 0.6 is 24.8 Å². The van der Waals surface area contributed by atoms with Crippen LogP contribution in [0.25, 0.3) is 0 Å². The van der Waals surface area contributed by atoms with Crippen molar-refractivity contribution in [1.29, 1.82) is 0 Å². The van der Waals surface area contributed by atoms with E-state index in [0.29, 0.717) is 25.0 Å². The maximum absolute atomic E-state index is 11.9. The Bertz CT molecular complexity index is 521. The average Bonchev–Trinajstić information content (AvgIpc) is 2.53. The van der Waals surface area contributed by atoms with Crippen LogP contribution in [-0.4, -0.2) is 49.2 Å². The number of benzene rings is 1. The third-order valence-corrected chi connectivity index (χ3v) is 4.40. The summed E-state index contributed by atoms with van der Waals surface area (Å²) in [5.74, 6) is 0.104. The Balaban J connectivity index is 0.00000312. The fraction of sp³-hybridized carbons (Fsp3) is 0.632. The van der Waals surface area contributed by atoms with Gasteiger partial charge in [0, 0.05) is 31.7 Å². The van der Waals surface area contributed by atoms with Gasteiger partial charge in [0.1, 0.15) is 0 Å². The molecule has 0 aliphatic carbocycles. The Morgan fingerprint density at radius 2 is 1.85 bits per heavy atom. The van der Waals surface area contributed by atoms with Gasteiger partial charge >= 0.3 is 0 Å². The number of carbonyl (C=O) groups excluding carboxylic acids is 1. The summed E-state index contributed by atoms with van der Waals surface area (Å²) in [6.45, 7) is 8.10. The number of nitrogens with one attached hydrogen (secondary N) is 1. The normalized spacial score (nSPS) is 19.9. The second-order valence-corrected chi connectivity index (χ2v) is 6.77. The third-order valence-electron chi connectivity index (χ3n) is 4.40. The molecule has 1 aliphatic heterocycles. The number of rotatable bonds is 8. The summed E-state index contributed by atoms with van der Waals surface area (Å²) < 4.78 is 5.74. The largest absolute Gasteiger partial charge is 0.399 e. The third kappa shape index (κ3) is 9.08. The zero-order valence-electron chi connectivity index (χ0n) is 15.8. The number of nitrogen functional groups attached to an aromatic ring is 1.